The maximum atomic E-state index is 11.8. The highest BCUT2D eigenvalue weighted by Gasteiger charge is 2.21. The standard InChI is InChI=1S/C10H15N3O4/c1-6-5-8(13(2)12-6)9(15)11-7(3-4-14)10(16)17/h5,7,14H,3-4H2,1-2H3,(H,11,15)(H,16,17)/t7-/m0/s1. The summed E-state index contributed by atoms with van der Waals surface area (Å²) in [7, 11) is 1.60. The smallest absolute Gasteiger partial charge is 0.326 e. The second kappa shape index (κ2) is 5.44. The van der Waals surface area contributed by atoms with Crippen molar-refractivity contribution in [1.82, 2.24) is 15.1 Å². The maximum Gasteiger partial charge on any atom is 0.326 e. The number of carbonyl (C=O) groups is 2. The first-order valence-corrected chi connectivity index (χ1v) is 5.11. The molecule has 0 unspecified atom stereocenters. The van der Waals surface area contributed by atoms with Crippen LogP contribution in [0.5, 0.6) is 0 Å². The Morgan fingerprint density at radius 1 is 1.59 bits per heavy atom. The SMILES string of the molecule is Cc1cc(C(=O)N[C@@H](CCO)C(=O)O)n(C)n1. The predicted molar refractivity (Wildman–Crippen MR) is 58.5 cm³/mol. The summed E-state index contributed by atoms with van der Waals surface area (Å²) in [5.41, 5.74) is 0.957. The number of hydrogen-bond donors (Lipinski definition) is 3. The minimum Gasteiger partial charge on any atom is -0.480 e. The van der Waals surface area contributed by atoms with Gasteiger partial charge in [-0.3, -0.25) is 9.48 Å². The molecule has 0 aliphatic rings. The zero-order valence-electron chi connectivity index (χ0n) is 9.67. The van der Waals surface area contributed by atoms with E-state index in [2.05, 4.69) is 10.4 Å². The number of aliphatic carboxylic acids is 1. The Hall–Kier alpha value is -1.89. The van der Waals surface area contributed by atoms with Gasteiger partial charge in [-0.15, -0.1) is 0 Å². The van der Waals surface area contributed by atoms with Gasteiger partial charge in [-0.1, -0.05) is 0 Å². The van der Waals surface area contributed by atoms with E-state index < -0.39 is 17.9 Å². The summed E-state index contributed by atoms with van der Waals surface area (Å²) in [6.45, 7) is 1.43. The number of aryl methyl sites for hydroxylation is 2. The quantitative estimate of drug-likeness (QED) is 0.632. The fraction of sp³-hybridized carbons (Fsp3) is 0.500. The van der Waals surface area contributed by atoms with Crippen molar-refractivity contribution in [2.75, 3.05) is 6.61 Å². The molecule has 1 heterocycles. The van der Waals surface area contributed by atoms with Crippen LogP contribution in [-0.4, -0.2) is 44.5 Å². The molecular formula is C10H15N3O4. The minimum atomic E-state index is -1.17. The van der Waals surface area contributed by atoms with E-state index in [0.29, 0.717) is 5.69 Å². The molecule has 17 heavy (non-hydrogen) atoms. The van der Waals surface area contributed by atoms with Crippen molar-refractivity contribution >= 4 is 11.9 Å². The van der Waals surface area contributed by atoms with E-state index in [1.165, 1.54) is 4.68 Å². The van der Waals surface area contributed by atoms with Gasteiger partial charge in [0.25, 0.3) is 5.91 Å². The monoisotopic (exact) mass is 241 g/mol. The molecule has 0 radical (unpaired) electrons. The highest BCUT2D eigenvalue weighted by Crippen LogP contribution is 2.03. The molecule has 1 aromatic heterocycles. The van der Waals surface area contributed by atoms with E-state index in [1.807, 2.05) is 0 Å². The second-order valence-corrected chi connectivity index (χ2v) is 3.67. The Bertz CT molecular complexity index is 427. The first kappa shape index (κ1) is 13.2. The second-order valence-electron chi connectivity index (χ2n) is 3.67. The molecule has 0 fully saturated rings. The Morgan fingerprint density at radius 2 is 2.24 bits per heavy atom. The molecule has 1 atom stereocenters. The Kier molecular flexibility index (Phi) is 4.22. The third-order valence-corrected chi connectivity index (χ3v) is 2.26. The summed E-state index contributed by atoms with van der Waals surface area (Å²) in [5, 5.41) is 23.8. The van der Waals surface area contributed by atoms with E-state index >= 15 is 0 Å². The molecule has 7 nitrogen and oxygen atoms in total. The molecule has 7 heteroatoms. The number of aromatic nitrogens is 2. The number of carboxylic acid groups (broad SMARTS) is 1. The summed E-state index contributed by atoms with van der Waals surface area (Å²) in [6.07, 6.45) is -0.0299. The van der Waals surface area contributed by atoms with Gasteiger partial charge in [0, 0.05) is 20.1 Å². The van der Waals surface area contributed by atoms with Gasteiger partial charge in [0.15, 0.2) is 0 Å². The number of aliphatic hydroxyl groups is 1. The van der Waals surface area contributed by atoms with Crippen LogP contribution in [-0.2, 0) is 11.8 Å². The van der Waals surface area contributed by atoms with Gasteiger partial charge in [-0.05, 0) is 13.0 Å². The normalized spacial score (nSPS) is 12.2. The molecule has 94 valence electrons. The average Bonchev–Trinajstić information content (AvgIpc) is 2.57. The van der Waals surface area contributed by atoms with Gasteiger partial charge in [-0.25, -0.2) is 4.79 Å². The van der Waals surface area contributed by atoms with Crippen LogP contribution in [0.2, 0.25) is 0 Å². The first-order valence-electron chi connectivity index (χ1n) is 5.11. The van der Waals surface area contributed by atoms with E-state index in [4.69, 9.17) is 10.2 Å². The number of hydrogen-bond acceptors (Lipinski definition) is 4. The number of carbonyl (C=O) groups excluding carboxylic acids is 1. The zero-order valence-corrected chi connectivity index (χ0v) is 9.67. The van der Waals surface area contributed by atoms with Crippen LogP contribution in [0.3, 0.4) is 0 Å². The number of amides is 1. The van der Waals surface area contributed by atoms with Crippen molar-refractivity contribution in [3.05, 3.63) is 17.5 Å². The van der Waals surface area contributed by atoms with Crippen LogP contribution >= 0.6 is 0 Å². The molecule has 0 aromatic carbocycles. The summed E-state index contributed by atoms with van der Waals surface area (Å²) in [5.74, 6) is -1.69. The largest absolute Gasteiger partial charge is 0.480 e. The van der Waals surface area contributed by atoms with Crippen LogP contribution in [0.25, 0.3) is 0 Å². The summed E-state index contributed by atoms with van der Waals surface area (Å²) < 4.78 is 1.38. The van der Waals surface area contributed by atoms with Crippen molar-refractivity contribution in [1.29, 1.82) is 0 Å². The third-order valence-electron chi connectivity index (χ3n) is 2.26. The van der Waals surface area contributed by atoms with Gasteiger partial charge in [0.2, 0.25) is 0 Å². The highest BCUT2D eigenvalue weighted by molar-refractivity contribution is 5.95. The number of aliphatic hydroxyl groups excluding tert-OH is 1. The highest BCUT2D eigenvalue weighted by atomic mass is 16.4. The van der Waals surface area contributed by atoms with Gasteiger partial charge in [0.1, 0.15) is 11.7 Å². The van der Waals surface area contributed by atoms with E-state index in [0.717, 1.165) is 0 Å². The molecule has 0 aliphatic heterocycles. The summed E-state index contributed by atoms with van der Waals surface area (Å²) >= 11 is 0. The van der Waals surface area contributed by atoms with Crippen LogP contribution in [0.15, 0.2) is 6.07 Å². The van der Waals surface area contributed by atoms with Crippen LogP contribution in [0.1, 0.15) is 22.6 Å². The van der Waals surface area contributed by atoms with Crippen LogP contribution in [0.4, 0.5) is 0 Å². The molecular weight excluding hydrogens is 226 g/mol. The van der Waals surface area contributed by atoms with Crippen molar-refractivity contribution in [3.63, 3.8) is 0 Å². The lowest BCUT2D eigenvalue weighted by atomic mass is 10.2. The number of rotatable bonds is 5. The number of nitrogens with zero attached hydrogens (tertiary/aromatic N) is 2. The van der Waals surface area contributed by atoms with Gasteiger partial charge in [0.05, 0.1) is 5.69 Å². The van der Waals surface area contributed by atoms with Gasteiger partial charge < -0.3 is 15.5 Å². The van der Waals surface area contributed by atoms with E-state index in [9.17, 15) is 9.59 Å². The molecule has 0 saturated carbocycles. The van der Waals surface area contributed by atoms with Crippen molar-refractivity contribution in [2.45, 2.75) is 19.4 Å². The minimum absolute atomic E-state index is 0.0299. The number of carboxylic acids is 1. The molecule has 1 aromatic rings. The molecule has 0 saturated heterocycles. The first-order chi connectivity index (χ1) is 7.95. The Labute approximate surface area is 98.1 Å². The fourth-order valence-corrected chi connectivity index (χ4v) is 1.44. The fourth-order valence-electron chi connectivity index (χ4n) is 1.44. The van der Waals surface area contributed by atoms with Crippen molar-refractivity contribution < 1.29 is 19.8 Å². The maximum absolute atomic E-state index is 11.8. The Morgan fingerprint density at radius 3 is 2.65 bits per heavy atom. The lowest BCUT2D eigenvalue weighted by Crippen LogP contribution is -2.42. The lowest BCUT2D eigenvalue weighted by molar-refractivity contribution is -0.139. The molecule has 1 amide bonds. The molecule has 3 N–H and O–H groups in total. The predicted octanol–water partition coefficient (Wildman–Crippen LogP) is -0.706. The molecule has 0 aliphatic carbocycles. The van der Waals surface area contributed by atoms with Crippen molar-refractivity contribution in [2.24, 2.45) is 7.05 Å². The van der Waals surface area contributed by atoms with Gasteiger partial charge in [-0.2, -0.15) is 5.10 Å². The third kappa shape index (κ3) is 3.28. The lowest BCUT2D eigenvalue weighted by Gasteiger charge is -2.12. The van der Waals surface area contributed by atoms with Crippen molar-refractivity contribution in [3.8, 4) is 0 Å². The van der Waals surface area contributed by atoms with Crippen LogP contribution in [0, 0.1) is 6.92 Å². The average molecular weight is 241 g/mol. The molecule has 0 spiro atoms. The van der Waals surface area contributed by atoms with Crippen LogP contribution < -0.4 is 5.32 Å². The number of nitrogens with one attached hydrogen (secondary N) is 1. The molecule has 0 bridgehead atoms. The molecule has 1 rings (SSSR count). The summed E-state index contributed by atoms with van der Waals surface area (Å²) in [4.78, 5) is 22.5. The van der Waals surface area contributed by atoms with E-state index in [-0.39, 0.29) is 18.7 Å². The topological polar surface area (TPSA) is 104 Å². The zero-order chi connectivity index (χ0) is 13.0. The van der Waals surface area contributed by atoms with E-state index in [1.54, 1.807) is 20.0 Å². The van der Waals surface area contributed by atoms with Gasteiger partial charge >= 0.3 is 5.97 Å². The summed E-state index contributed by atoms with van der Waals surface area (Å²) in [6, 6.07) is 0.468. The Balaban J connectivity index is 2.77.